The Labute approximate surface area is 103 Å². The molecule has 17 heavy (non-hydrogen) atoms. The van der Waals surface area contributed by atoms with E-state index in [9.17, 15) is 9.59 Å². The van der Waals surface area contributed by atoms with Crippen LogP contribution in [0.2, 0.25) is 0 Å². The average Bonchev–Trinajstić information content (AvgIpc) is 2.78. The summed E-state index contributed by atoms with van der Waals surface area (Å²) in [7, 11) is 0. The molecule has 0 atom stereocenters. The number of aromatic amines is 1. The van der Waals surface area contributed by atoms with Gasteiger partial charge < -0.3 is 4.98 Å². The van der Waals surface area contributed by atoms with Crippen molar-refractivity contribution < 1.29 is 4.79 Å². The predicted molar refractivity (Wildman–Crippen MR) is 69.9 cm³/mol. The van der Waals surface area contributed by atoms with Crippen LogP contribution in [0.4, 0.5) is 0 Å². The van der Waals surface area contributed by atoms with Gasteiger partial charge in [-0.05, 0) is 24.1 Å². The van der Waals surface area contributed by atoms with Crippen LogP contribution in [-0.4, -0.2) is 11.3 Å². The molecular weight excluding hydrogens is 234 g/mol. The molecule has 2 aromatic heterocycles. The van der Waals surface area contributed by atoms with Crippen LogP contribution in [0.1, 0.15) is 35.0 Å². The molecule has 0 unspecified atom stereocenters. The SMILES string of the molecule is CC(C)c1cc(-c2ccc(C=O)s2)c[nH]c1=O. The number of thiophene rings is 1. The van der Waals surface area contributed by atoms with E-state index < -0.39 is 0 Å². The van der Waals surface area contributed by atoms with Gasteiger partial charge in [-0.1, -0.05) is 13.8 Å². The standard InChI is InChI=1S/C13H13NO2S/c1-8(2)11-5-9(6-14-13(11)16)12-4-3-10(7-15)17-12/h3-8H,1-2H3,(H,14,16). The van der Waals surface area contributed by atoms with Crippen LogP contribution in [0.5, 0.6) is 0 Å². The first-order valence-corrected chi connectivity index (χ1v) is 6.21. The number of aldehydes is 1. The number of aromatic nitrogens is 1. The number of rotatable bonds is 3. The number of carbonyl (C=O) groups excluding carboxylic acids is 1. The average molecular weight is 247 g/mol. The van der Waals surface area contributed by atoms with E-state index in [1.165, 1.54) is 11.3 Å². The lowest BCUT2D eigenvalue weighted by Gasteiger charge is -2.05. The highest BCUT2D eigenvalue weighted by atomic mass is 32.1. The van der Waals surface area contributed by atoms with Crippen LogP contribution in [-0.2, 0) is 0 Å². The first-order chi connectivity index (χ1) is 8.11. The minimum atomic E-state index is -0.0454. The Morgan fingerprint density at radius 1 is 1.35 bits per heavy atom. The summed E-state index contributed by atoms with van der Waals surface area (Å²) in [5.74, 6) is 0.184. The molecule has 4 heteroatoms. The summed E-state index contributed by atoms with van der Waals surface area (Å²) in [5, 5.41) is 0. The molecule has 0 aliphatic carbocycles. The van der Waals surface area contributed by atoms with Crippen molar-refractivity contribution in [3.63, 3.8) is 0 Å². The van der Waals surface area contributed by atoms with Crippen LogP contribution < -0.4 is 5.56 Å². The molecule has 2 aromatic rings. The second-order valence-corrected chi connectivity index (χ2v) is 5.26. The molecule has 2 heterocycles. The first kappa shape index (κ1) is 11.8. The first-order valence-electron chi connectivity index (χ1n) is 5.40. The quantitative estimate of drug-likeness (QED) is 0.847. The summed E-state index contributed by atoms with van der Waals surface area (Å²) >= 11 is 1.42. The van der Waals surface area contributed by atoms with Gasteiger partial charge in [-0.25, -0.2) is 0 Å². The Morgan fingerprint density at radius 2 is 2.12 bits per heavy atom. The molecule has 0 amide bonds. The Hall–Kier alpha value is -1.68. The molecule has 0 bridgehead atoms. The van der Waals surface area contributed by atoms with Crippen molar-refractivity contribution in [2.75, 3.05) is 0 Å². The second-order valence-electron chi connectivity index (χ2n) is 4.15. The zero-order valence-electron chi connectivity index (χ0n) is 9.69. The van der Waals surface area contributed by atoms with Crippen molar-refractivity contribution in [1.29, 1.82) is 0 Å². The monoisotopic (exact) mass is 247 g/mol. The van der Waals surface area contributed by atoms with Gasteiger partial charge in [-0.15, -0.1) is 11.3 Å². The van der Waals surface area contributed by atoms with E-state index in [-0.39, 0.29) is 11.5 Å². The number of nitrogens with one attached hydrogen (secondary N) is 1. The molecule has 0 radical (unpaired) electrons. The van der Waals surface area contributed by atoms with Crippen LogP contribution in [0, 0.1) is 0 Å². The van der Waals surface area contributed by atoms with Crippen LogP contribution in [0.15, 0.2) is 29.2 Å². The fourth-order valence-electron chi connectivity index (χ4n) is 1.64. The molecule has 0 aliphatic rings. The van der Waals surface area contributed by atoms with Gasteiger partial charge >= 0.3 is 0 Å². The molecule has 88 valence electrons. The lowest BCUT2D eigenvalue weighted by molar-refractivity contribution is 0.112. The van der Waals surface area contributed by atoms with Gasteiger partial charge in [0.25, 0.3) is 5.56 Å². The molecule has 2 rings (SSSR count). The normalized spacial score (nSPS) is 10.8. The maximum absolute atomic E-state index is 11.6. The summed E-state index contributed by atoms with van der Waals surface area (Å²) in [6.07, 6.45) is 2.53. The highest BCUT2D eigenvalue weighted by Crippen LogP contribution is 2.27. The molecule has 0 spiro atoms. The summed E-state index contributed by atoms with van der Waals surface area (Å²) in [6, 6.07) is 5.57. The minimum absolute atomic E-state index is 0.0454. The van der Waals surface area contributed by atoms with E-state index >= 15 is 0 Å². The molecule has 1 N–H and O–H groups in total. The molecule has 3 nitrogen and oxygen atoms in total. The number of pyridine rings is 1. The third-order valence-corrected chi connectivity index (χ3v) is 3.64. The fraction of sp³-hybridized carbons (Fsp3) is 0.231. The maximum Gasteiger partial charge on any atom is 0.251 e. The second kappa shape index (κ2) is 4.67. The number of hydrogen-bond acceptors (Lipinski definition) is 3. The molecular formula is C13H13NO2S. The fourth-order valence-corrected chi connectivity index (χ4v) is 2.45. The van der Waals surface area contributed by atoms with Gasteiger partial charge in [0.2, 0.25) is 0 Å². The van der Waals surface area contributed by atoms with Crippen molar-refractivity contribution >= 4 is 17.6 Å². The van der Waals surface area contributed by atoms with Crippen LogP contribution in [0.3, 0.4) is 0 Å². The van der Waals surface area contributed by atoms with E-state index in [2.05, 4.69) is 4.98 Å². The molecule has 0 saturated carbocycles. The van der Waals surface area contributed by atoms with Gasteiger partial charge in [0, 0.05) is 22.2 Å². The number of H-pyrrole nitrogens is 1. The third kappa shape index (κ3) is 2.36. The largest absolute Gasteiger partial charge is 0.328 e. The van der Waals surface area contributed by atoms with E-state index in [0.717, 1.165) is 22.3 Å². The summed E-state index contributed by atoms with van der Waals surface area (Å²) < 4.78 is 0. The zero-order chi connectivity index (χ0) is 12.4. The predicted octanol–water partition coefficient (Wildman–Crippen LogP) is 3.04. The van der Waals surface area contributed by atoms with Gasteiger partial charge in [0.1, 0.15) is 0 Å². The van der Waals surface area contributed by atoms with Crippen LogP contribution in [0.25, 0.3) is 10.4 Å². The minimum Gasteiger partial charge on any atom is -0.328 e. The van der Waals surface area contributed by atoms with Gasteiger partial charge in [0.15, 0.2) is 6.29 Å². The van der Waals surface area contributed by atoms with Crippen molar-refractivity contribution in [1.82, 2.24) is 4.98 Å². The summed E-state index contributed by atoms with van der Waals surface area (Å²) in [4.78, 5) is 26.7. The lowest BCUT2D eigenvalue weighted by Crippen LogP contribution is -2.12. The summed E-state index contributed by atoms with van der Waals surface area (Å²) in [5.41, 5.74) is 1.67. The van der Waals surface area contributed by atoms with Gasteiger partial charge in [-0.2, -0.15) is 0 Å². The molecule has 0 aromatic carbocycles. The van der Waals surface area contributed by atoms with E-state index in [0.29, 0.717) is 4.88 Å². The van der Waals surface area contributed by atoms with Crippen molar-refractivity contribution in [2.45, 2.75) is 19.8 Å². The Morgan fingerprint density at radius 3 is 2.71 bits per heavy atom. The highest BCUT2D eigenvalue weighted by Gasteiger charge is 2.08. The third-order valence-electron chi connectivity index (χ3n) is 2.58. The molecule has 0 fully saturated rings. The smallest absolute Gasteiger partial charge is 0.251 e. The van der Waals surface area contributed by atoms with E-state index in [1.807, 2.05) is 26.0 Å². The van der Waals surface area contributed by atoms with Crippen molar-refractivity contribution in [2.24, 2.45) is 0 Å². The summed E-state index contributed by atoms with van der Waals surface area (Å²) in [6.45, 7) is 3.97. The Balaban J connectivity index is 2.49. The van der Waals surface area contributed by atoms with Crippen LogP contribution >= 0.6 is 11.3 Å². The van der Waals surface area contributed by atoms with Gasteiger partial charge in [-0.3, -0.25) is 9.59 Å². The molecule has 0 aliphatic heterocycles. The molecule has 0 saturated heterocycles. The van der Waals surface area contributed by atoms with Crippen molar-refractivity contribution in [3.8, 4) is 10.4 Å². The van der Waals surface area contributed by atoms with Crippen molar-refractivity contribution in [3.05, 3.63) is 45.2 Å². The van der Waals surface area contributed by atoms with E-state index in [1.54, 1.807) is 12.3 Å². The maximum atomic E-state index is 11.6. The zero-order valence-corrected chi connectivity index (χ0v) is 10.5. The highest BCUT2D eigenvalue weighted by molar-refractivity contribution is 7.17. The Kier molecular flexibility index (Phi) is 3.24. The topological polar surface area (TPSA) is 49.9 Å². The Bertz CT molecular complexity index is 595. The van der Waals surface area contributed by atoms with E-state index in [4.69, 9.17) is 0 Å². The number of carbonyl (C=O) groups is 1. The lowest BCUT2D eigenvalue weighted by atomic mass is 10.0. The van der Waals surface area contributed by atoms with Gasteiger partial charge in [0.05, 0.1) is 4.88 Å². The number of hydrogen-bond donors (Lipinski definition) is 1.